The van der Waals surface area contributed by atoms with Gasteiger partial charge in [-0.15, -0.1) is 0 Å². The molecule has 0 radical (unpaired) electrons. The summed E-state index contributed by atoms with van der Waals surface area (Å²) in [5, 5.41) is 0. The van der Waals surface area contributed by atoms with Crippen molar-refractivity contribution in [3.63, 3.8) is 0 Å². The van der Waals surface area contributed by atoms with Crippen LogP contribution in [0.4, 0.5) is 17.6 Å². The number of rotatable bonds is 18. The van der Waals surface area contributed by atoms with Crippen LogP contribution in [0, 0.1) is 34.1 Å². The summed E-state index contributed by atoms with van der Waals surface area (Å²) >= 11 is -5.07. The number of carbonyl (C=O) groups excluding carboxylic acids is 2. The van der Waals surface area contributed by atoms with Crippen molar-refractivity contribution in [2.45, 2.75) is 64.2 Å². The van der Waals surface area contributed by atoms with Crippen LogP contribution in [0.15, 0.2) is 119 Å². The normalized spacial score (nSPS) is 18.6. The summed E-state index contributed by atoms with van der Waals surface area (Å²) in [6, 6.07) is 5.20. The Labute approximate surface area is 326 Å². The van der Waals surface area contributed by atoms with Crippen molar-refractivity contribution in [3.05, 3.63) is 153 Å². The Kier molecular flexibility index (Phi) is 12.4. The van der Waals surface area contributed by atoms with Crippen LogP contribution in [0.2, 0.25) is 0 Å². The number of carbonyl (C=O) groups is 2. The van der Waals surface area contributed by atoms with E-state index in [1.807, 2.05) is 12.2 Å². The number of amides is 2. The van der Waals surface area contributed by atoms with E-state index in [4.69, 9.17) is 0 Å². The van der Waals surface area contributed by atoms with E-state index in [1.54, 1.807) is 58.4 Å². The molecule has 4 nitrogen and oxygen atoms in total. The molecule has 9 heteroatoms. The van der Waals surface area contributed by atoms with Gasteiger partial charge < -0.3 is 0 Å². The average molecular weight is 787 g/mol. The first kappa shape index (κ1) is 40.4. The van der Waals surface area contributed by atoms with Gasteiger partial charge in [0, 0.05) is 0 Å². The molecule has 2 aliphatic heterocycles. The van der Waals surface area contributed by atoms with Gasteiger partial charge in [-0.3, -0.25) is 0 Å². The topological polar surface area (TPSA) is 40.6 Å². The molecule has 2 aromatic rings. The summed E-state index contributed by atoms with van der Waals surface area (Å²) < 4.78 is 68.9. The van der Waals surface area contributed by atoms with E-state index < -0.39 is 50.7 Å². The van der Waals surface area contributed by atoms with Gasteiger partial charge in [0.15, 0.2) is 0 Å². The molecule has 2 amide bonds. The molecule has 0 N–H and O–H groups in total. The van der Waals surface area contributed by atoms with Crippen LogP contribution in [-0.4, -0.2) is 47.8 Å². The number of hydrogen-bond acceptors (Lipinski definition) is 2. The molecule has 0 spiro atoms. The molecule has 55 heavy (non-hydrogen) atoms. The number of benzene rings is 2. The molecule has 0 aromatic heterocycles. The fraction of sp³-hybridized carbons (Fsp3) is 0.348. The summed E-state index contributed by atoms with van der Waals surface area (Å²) in [5.74, 6) is -3.41. The molecule has 2 saturated heterocycles. The summed E-state index contributed by atoms with van der Waals surface area (Å²) in [7, 11) is 0. The van der Waals surface area contributed by atoms with Crippen molar-refractivity contribution >= 4 is 19.6 Å². The van der Waals surface area contributed by atoms with Crippen molar-refractivity contribution in [1.29, 1.82) is 0 Å². The first-order chi connectivity index (χ1) is 26.5. The minimum absolute atomic E-state index is 0.0462. The fourth-order valence-corrected chi connectivity index (χ4v) is 17.8. The van der Waals surface area contributed by atoms with Crippen molar-refractivity contribution in [1.82, 2.24) is 9.80 Å². The second-order valence-electron chi connectivity index (χ2n) is 15.3. The van der Waals surface area contributed by atoms with E-state index in [9.17, 15) is 9.59 Å². The van der Waals surface area contributed by atoms with E-state index in [-0.39, 0.29) is 56.6 Å². The van der Waals surface area contributed by atoms with Crippen LogP contribution in [0.25, 0.3) is 0 Å². The maximum absolute atomic E-state index is 17.4. The molecule has 2 aromatic carbocycles. The Morgan fingerprint density at radius 2 is 1.00 bits per heavy atom. The predicted octanol–water partition coefficient (Wildman–Crippen LogP) is 8.86. The SMILES string of the molecule is C=CCC1(CC=C)CCN(CCc2ccc(F)[c]([Ti]([C]3=CC=CC3)([C]3=CC=CC3)[c]3c(F)ccc(CCN4CCC(CC=C)(CC=C)C4=O)c3F)c2F)C1=O. The Morgan fingerprint density at radius 1 is 0.618 bits per heavy atom. The summed E-state index contributed by atoms with van der Waals surface area (Å²) in [6.45, 7) is 16.7. The molecule has 6 rings (SSSR count). The number of likely N-dealkylation sites (tertiary alicyclic amines) is 2. The number of allylic oxidation sites excluding steroid dienone is 12. The first-order valence-corrected chi connectivity index (χ1v) is 22.3. The van der Waals surface area contributed by atoms with E-state index >= 15 is 17.6 Å². The van der Waals surface area contributed by atoms with Gasteiger partial charge in [-0.1, -0.05) is 0 Å². The van der Waals surface area contributed by atoms with Crippen molar-refractivity contribution in [3.8, 4) is 0 Å². The monoisotopic (exact) mass is 786 g/mol. The second kappa shape index (κ2) is 16.8. The summed E-state index contributed by atoms with van der Waals surface area (Å²) in [4.78, 5) is 30.7. The molecular formula is C46H50F4N2O2Ti. The number of hydrogen-bond donors (Lipinski definition) is 0. The Balaban J connectivity index is 1.41. The van der Waals surface area contributed by atoms with Gasteiger partial charge in [-0.25, -0.2) is 0 Å². The van der Waals surface area contributed by atoms with E-state index in [0.29, 0.717) is 72.2 Å². The van der Waals surface area contributed by atoms with E-state index in [1.165, 1.54) is 24.3 Å². The van der Waals surface area contributed by atoms with Crippen LogP contribution in [-0.2, 0) is 39.0 Å². The third-order valence-electron chi connectivity index (χ3n) is 12.2. The second-order valence-corrected chi connectivity index (χ2v) is 21.2. The Bertz CT molecular complexity index is 1860. The van der Waals surface area contributed by atoms with Crippen LogP contribution in [0.3, 0.4) is 0 Å². The number of nitrogens with zero attached hydrogens (tertiary/aromatic N) is 2. The average Bonchev–Trinajstić information content (AvgIpc) is 3.99. The molecule has 0 saturated carbocycles. The fourth-order valence-electron chi connectivity index (χ4n) is 9.44. The van der Waals surface area contributed by atoms with Crippen molar-refractivity contribution < 1.29 is 43.7 Å². The Morgan fingerprint density at radius 3 is 1.33 bits per heavy atom. The van der Waals surface area contributed by atoms with Gasteiger partial charge in [0.2, 0.25) is 0 Å². The molecule has 288 valence electrons. The number of halogens is 4. The molecule has 2 fully saturated rings. The third-order valence-corrected chi connectivity index (χ3v) is 20.2. The van der Waals surface area contributed by atoms with Gasteiger partial charge in [0.1, 0.15) is 0 Å². The molecule has 2 heterocycles. The van der Waals surface area contributed by atoms with Gasteiger partial charge in [-0.05, 0) is 0 Å². The third kappa shape index (κ3) is 7.17. The predicted molar refractivity (Wildman–Crippen MR) is 210 cm³/mol. The van der Waals surface area contributed by atoms with Gasteiger partial charge in [0.05, 0.1) is 0 Å². The molecule has 4 aliphatic rings. The van der Waals surface area contributed by atoms with Crippen molar-refractivity contribution in [2.24, 2.45) is 10.8 Å². The van der Waals surface area contributed by atoms with Crippen molar-refractivity contribution in [2.75, 3.05) is 26.2 Å². The maximum atomic E-state index is 17.4. The zero-order chi connectivity index (χ0) is 39.4. The van der Waals surface area contributed by atoms with E-state index in [0.717, 1.165) is 0 Å². The Hall–Kier alpha value is -4.27. The van der Waals surface area contributed by atoms with Gasteiger partial charge in [0.25, 0.3) is 0 Å². The zero-order valence-corrected chi connectivity index (χ0v) is 33.1. The van der Waals surface area contributed by atoms with Gasteiger partial charge in [-0.2, -0.15) is 0 Å². The zero-order valence-electron chi connectivity index (χ0n) is 31.5. The van der Waals surface area contributed by atoms with Gasteiger partial charge >= 0.3 is 328 Å². The van der Waals surface area contributed by atoms with E-state index in [2.05, 4.69) is 26.3 Å². The van der Waals surface area contributed by atoms with Crippen LogP contribution < -0.4 is 7.74 Å². The standard InChI is InChI=1S/2C18H20F2NO.2C5H5.Ti/c2*1-3-8-18(9-4-2)10-12-21(17(18)22)11-7-14-5-6-15(19)13-16(14)20;2*1-2-4-5-3-1;/h2*3-6H,1-2,7-12H2;2*1-3H,4H2;. The molecule has 2 aliphatic carbocycles. The molecular weight excluding hydrogens is 736 g/mol. The molecule has 0 bridgehead atoms. The molecule has 0 unspecified atom stereocenters. The quantitative estimate of drug-likeness (QED) is 0.0862. The van der Waals surface area contributed by atoms with Crippen LogP contribution in [0.1, 0.15) is 62.5 Å². The summed E-state index contributed by atoms with van der Waals surface area (Å²) in [5.41, 5.74) is -0.886. The first-order valence-electron chi connectivity index (χ1n) is 19.2. The van der Waals surface area contributed by atoms with Crippen LogP contribution >= 0.6 is 0 Å². The molecule has 0 atom stereocenters. The minimum atomic E-state index is -5.07. The van der Waals surface area contributed by atoms with Crippen LogP contribution in [0.5, 0.6) is 0 Å². The summed E-state index contributed by atoms with van der Waals surface area (Å²) in [6.07, 6.45) is 21.8.